The zero-order valence-corrected chi connectivity index (χ0v) is 13.8. The Bertz CT molecular complexity index is 480. The molecule has 2 heterocycles. The predicted octanol–water partition coefficient (Wildman–Crippen LogP) is 3.86. The fourth-order valence-corrected chi connectivity index (χ4v) is 4.68. The van der Waals surface area contributed by atoms with Gasteiger partial charge in [0.15, 0.2) is 0 Å². The standard InChI is InChI=1S/C17H25NO2S/c1-13-11-14(3-4-16(13)19-2)18-15-5-8-20-17(12-15)6-9-21-10-7-17/h3-4,11,15,18H,5-10,12H2,1-2H3. The number of aryl methyl sites for hydroxylation is 1. The minimum absolute atomic E-state index is 0.142. The van der Waals surface area contributed by atoms with Crippen molar-refractivity contribution in [2.24, 2.45) is 0 Å². The Morgan fingerprint density at radius 1 is 1.33 bits per heavy atom. The fraction of sp³-hybridized carbons (Fsp3) is 0.647. The maximum Gasteiger partial charge on any atom is 0.121 e. The Hall–Kier alpha value is -0.870. The van der Waals surface area contributed by atoms with Gasteiger partial charge in [-0.25, -0.2) is 0 Å². The third kappa shape index (κ3) is 3.49. The number of methoxy groups -OCH3 is 1. The van der Waals surface area contributed by atoms with Crippen molar-refractivity contribution >= 4 is 17.4 Å². The Labute approximate surface area is 131 Å². The molecule has 3 nitrogen and oxygen atoms in total. The number of ether oxygens (including phenoxy) is 2. The number of hydrogen-bond acceptors (Lipinski definition) is 4. The van der Waals surface area contributed by atoms with Crippen LogP contribution < -0.4 is 10.1 Å². The first-order valence-corrected chi connectivity index (χ1v) is 8.99. The monoisotopic (exact) mass is 307 g/mol. The van der Waals surface area contributed by atoms with E-state index in [9.17, 15) is 0 Å². The van der Waals surface area contributed by atoms with E-state index in [4.69, 9.17) is 9.47 Å². The van der Waals surface area contributed by atoms with Gasteiger partial charge in [0.25, 0.3) is 0 Å². The fourth-order valence-electron chi connectivity index (χ4n) is 3.45. The first-order chi connectivity index (χ1) is 10.2. The molecule has 0 aromatic heterocycles. The highest BCUT2D eigenvalue weighted by Gasteiger charge is 2.38. The van der Waals surface area contributed by atoms with Crippen LogP contribution in [0.4, 0.5) is 5.69 Å². The van der Waals surface area contributed by atoms with Crippen LogP contribution in [0.5, 0.6) is 5.75 Å². The highest BCUT2D eigenvalue weighted by Crippen LogP contribution is 2.38. The van der Waals surface area contributed by atoms with Gasteiger partial charge < -0.3 is 14.8 Å². The summed E-state index contributed by atoms with van der Waals surface area (Å²) in [7, 11) is 1.72. The molecule has 1 unspecified atom stereocenters. The maximum absolute atomic E-state index is 6.16. The lowest BCUT2D eigenvalue weighted by Crippen LogP contribution is -2.46. The molecule has 1 aromatic rings. The molecule has 2 fully saturated rings. The highest BCUT2D eigenvalue weighted by molar-refractivity contribution is 7.99. The van der Waals surface area contributed by atoms with Crippen LogP contribution in [0.3, 0.4) is 0 Å². The minimum Gasteiger partial charge on any atom is -0.496 e. The summed E-state index contributed by atoms with van der Waals surface area (Å²) in [4.78, 5) is 0. The Balaban J connectivity index is 1.65. The molecule has 3 rings (SSSR count). The van der Waals surface area contributed by atoms with Gasteiger partial charge in [-0.2, -0.15) is 11.8 Å². The molecule has 2 saturated heterocycles. The smallest absolute Gasteiger partial charge is 0.121 e. The second kappa shape index (κ2) is 6.49. The van der Waals surface area contributed by atoms with E-state index in [1.807, 2.05) is 6.07 Å². The lowest BCUT2D eigenvalue weighted by Gasteiger charge is -2.43. The van der Waals surface area contributed by atoms with Crippen molar-refractivity contribution in [2.45, 2.75) is 44.2 Å². The summed E-state index contributed by atoms with van der Waals surface area (Å²) in [6.07, 6.45) is 4.65. The maximum atomic E-state index is 6.16. The molecule has 0 aliphatic carbocycles. The zero-order valence-electron chi connectivity index (χ0n) is 13.0. The van der Waals surface area contributed by atoms with E-state index in [1.165, 1.54) is 35.6 Å². The highest BCUT2D eigenvalue weighted by atomic mass is 32.2. The van der Waals surface area contributed by atoms with E-state index in [-0.39, 0.29) is 5.60 Å². The van der Waals surface area contributed by atoms with Gasteiger partial charge in [-0.05, 0) is 67.9 Å². The lowest BCUT2D eigenvalue weighted by atomic mass is 9.85. The molecule has 1 N–H and O–H groups in total. The molecule has 1 aromatic carbocycles. The van der Waals surface area contributed by atoms with Crippen molar-refractivity contribution in [1.82, 2.24) is 0 Å². The van der Waals surface area contributed by atoms with Crippen LogP contribution in [0.2, 0.25) is 0 Å². The molecule has 0 bridgehead atoms. The third-order valence-electron chi connectivity index (χ3n) is 4.66. The molecule has 0 radical (unpaired) electrons. The summed E-state index contributed by atoms with van der Waals surface area (Å²) in [6.45, 7) is 2.98. The molecule has 1 atom stereocenters. The van der Waals surface area contributed by atoms with E-state index in [1.54, 1.807) is 7.11 Å². The SMILES string of the molecule is COc1ccc(NC2CCOC3(CCSCC3)C2)cc1C. The summed E-state index contributed by atoms with van der Waals surface area (Å²) in [5, 5.41) is 3.70. The van der Waals surface area contributed by atoms with Crippen molar-refractivity contribution in [1.29, 1.82) is 0 Å². The van der Waals surface area contributed by atoms with Gasteiger partial charge >= 0.3 is 0 Å². The van der Waals surface area contributed by atoms with Crippen LogP contribution in [0.25, 0.3) is 0 Å². The normalized spacial score (nSPS) is 24.8. The molecule has 2 aliphatic rings. The Kier molecular flexibility index (Phi) is 4.65. The van der Waals surface area contributed by atoms with Gasteiger partial charge in [0.1, 0.15) is 5.75 Å². The number of benzene rings is 1. The van der Waals surface area contributed by atoms with Crippen molar-refractivity contribution in [3.63, 3.8) is 0 Å². The van der Waals surface area contributed by atoms with Gasteiger partial charge in [-0.15, -0.1) is 0 Å². The summed E-state index contributed by atoms with van der Waals surface area (Å²) < 4.78 is 11.5. The molecular formula is C17H25NO2S. The number of hydrogen-bond donors (Lipinski definition) is 1. The molecule has 0 saturated carbocycles. The molecule has 4 heteroatoms. The number of rotatable bonds is 3. The van der Waals surface area contributed by atoms with Crippen molar-refractivity contribution in [3.8, 4) is 5.75 Å². The summed E-state index contributed by atoms with van der Waals surface area (Å²) in [5.41, 5.74) is 2.52. The van der Waals surface area contributed by atoms with Crippen LogP contribution in [-0.2, 0) is 4.74 Å². The minimum atomic E-state index is 0.142. The second-order valence-corrected chi connectivity index (χ2v) is 7.39. The van der Waals surface area contributed by atoms with Crippen molar-refractivity contribution < 1.29 is 9.47 Å². The van der Waals surface area contributed by atoms with Crippen LogP contribution in [0.1, 0.15) is 31.2 Å². The molecule has 116 valence electrons. The molecule has 2 aliphatic heterocycles. The first kappa shape index (κ1) is 15.0. The van der Waals surface area contributed by atoms with Crippen LogP contribution in [0.15, 0.2) is 18.2 Å². The van der Waals surface area contributed by atoms with Gasteiger partial charge in [0.05, 0.1) is 12.7 Å². The van der Waals surface area contributed by atoms with Gasteiger partial charge in [0, 0.05) is 18.3 Å². The van der Waals surface area contributed by atoms with E-state index in [2.05, 4.69) is 36.1 Å². The van der Waals surface area contributed by atoms with Crippen LogP contribution >= 0.6 is 11.8 Å². The van der Waals surface area contributed by atoms with Gasteiger partial charge in [-0.1, -0.05) is 0 Å². The molecule has 0 amide bonds. The molecule has 21 heavy (non-hydrogen) atoms. The second-order valence-electron chi connectivity index (χ2n) is 6.16. The lowest BCUT2D eigenvalue weighted by molar-refractivity contribution is -0.0865. The van der Waals surface area contributed by atoms with E-state index in [0.717, 1.165) is 25.2 Å². The number of anilines is 1. The molecule has 1 spiro atoms. The number of nitrogens with one attached hydrogen (secondary N) is 1. The van der Waals surface area contributed by atoms with Crippen molar-refractivity contribution in [3.05, 3.63) is 23.8 Å². The Morgan fingerprint density at radius 3 is 2.86 bits per heavy atom. The third-order valence-corrected chi connectivity index (χ3v) is 5.65. The van der Waals surface area contributed by atoms with Crippen molar-refractivity contribution in [2.75, 3.05) is 30.5 Å². The zero-order chi connectivity index (χ0) is 14.7. The number of thioether (sulfide) groups is 1. The summed E-state index contributed by atoms with van der Waals surface area (Å²) >= 11 is 2.06. The average molecular weight is 307 g/mol. The van der Waals surface area contributed by atoms with Gasteiger partial charge in [-0.3, -0.25) is 0 Å². The van der Waals surface area contributed by atoms with Gasteiger partial charge in [0.2, 0.25) is 0 Å². The van der Waals surface area contributed by atoms with Crippen LogP contribution in [0, 0.1) is 6.92 Å². The van der Waals surface area contributed by atoms with E-state index < -0.39 is 0 Å². The predicted molar refractivity (Wildman–Crippen MR) is 89.6 cm³/mol. The average Bonchev–Trinajstić information content (AvgIpc) is 2.48. The summed E-state index contributed by atoms with van der Waals surface area (Å²) in [6, 6.07) is 6.86. The summed E-state index contributed by atoms with van der Waals surface area (Å²) in [5.74, 6) is 3.44. The quantitative estimate of drug-likeness (QED) is 0.918. The first-order valence-electron chi connectivity index (χ1n) is 7.84. The molecular weight excluding hydrogens is 282 g/mol. The largest absolute Gasteiger partial charge is 0.496 e. The Morgan fingerprint density at radius 2 is 2.14 bits per heavy atom. The topological polar surface area (TPSA) is 30.5 Å². The van der Waals surface area contributed by atoms with Crippen LogP contribution in [-0.4, -0.2) is 36.9 Å². The van der Waals surface area contributed by atoms with E-state index in [0.29, 0.717) is 6.04 Å². The van der Waals surface area contributed by atoms with E-state index >= 15 is 0 Å².